The molecule has 21 heavy (non-hydrogen) atoms. The summed E-state index contributed by atoms with van der Waals surface area (Å²) in [6.45, 7) is 4.01. The van der Waals surface area contributed by atoms with Gasteiger partial charge in [-0.2, -0.15) is 0 Å². The highest BCUT2D eigenvalue weighted by atomic mass is 79.9. The van der Waals surface area contributed by atoms with Gasteiger partial charge in [-0.05, 0) is 48.9 Å². The fraction of sp³-hybridized carbons (Fsp3) is 0.250. The Morgan fingerprint density at radius 3 is 2.67 bits per heavy atom. The molecular formula is C16H16Br2ClNO. The molecule has 0 saturated carbocycles. The zero-order chi connectivity index (χ0) is 15.2. The van der Waals surface area contributed by atoms with Gasteiger partial charge < -0.3 is 10.1 Å². The van der Waals surface area contributed by atoms with Crippen molar-refractivity contribution < 1.29 is 4.74 Å². The number of rotatable bonds is 6. The predicted molar refractivity (Wildman–Crippen MR) is 95.4 cm³/mol. The summed E-state index contributed by atoms with van der Waals surface area (Å²) in [5.41, 5.74) is 1.20. The minimum absolute atomic E-state index is 0.586. The maximum absolute atomic E-state index is 6.13. The highest BCUT2D eigenvalue weighted by Gasteiger charge is 2.06. The molecule has 1 N–H and O–H groups in total. The first kappa shape index (κ1) is 16.8. The fourth-order valence-corrected chi connectivity index (χ4v) is 2.81. The van der Waals surface area contributed by atoms with Crippen molar-refractivity contribution in [2.24, 2.45) is 0 Å². The predicted octanol–water partition coefficient (Wildman–Crippen LogP) is 6.16. The van der Waals surface area contributed by atoms with Gasteiger partial charge in [0, 0.05) is 15.5 Å². The molecule has 2 aromatic rings. The lowest BCUT2D eigenvalue weighted by atomic mass is 10.2. The molecule has 0 aliphatic rings. The average molecular weight is 434 g/mol. The highest BCUT2D eigenvalue weighted by Crippen LogP contribution is 2.33. The van der Waals surface area contributed by atoms with Gasteiger partial charge in [0.2, 0.25) is 0 Å². The normalized spacial score (nSPS) is 10.7. The standard InChI is InChI=1S/C16H16Br2ClNO/c1-2-7-20-10-11-3-5-13(9-14(11)18)21-16-8-12(17)4-6-15(16)19/h3-6,8-9,20H,2,7,10H2,1H3. The van der Waals surface area contributed by atoms with Crippen molar-refractivity contribution in [3.63, 3.8) is 0 Å². The monoisotopic (exact) mass is 431 g/mol. The molecule has 0 aliphatic carbocycles. The lowest BCUT2D eigenvalue weighted by Crippen LogP contribution is -2.14. The Balaban J connectivity index is 2.11. The Labute approximate surface area is 147 Å². The number of nitrogens with one attached hydrogen (secondary N) is 1. The summed E-state index contributed by atoms with van der Waals surface area (Å²) >= 11 is 13.1. The molecule has 0 spiro atoms. The van der Waals surface area contributed by atoms with Gasteiger partial charge >= 0.3 is 0 Å². The third-order valence-electron chi connectivity index (χ3n) is 2.89. The van der Waals surface area contributed by atoms with Crippen LogP contribution in [-0.4, -0.2) is 6.54 Å². The van der Waals surface area contributed by atoms with Gasteiger partial charge in [0.25, 0.3) is 0 Å². The minimum atomic E-state index is 0.586. The molecule has 112 valence electrons. The Morgan fingerprint density at radius 1 is 1.14 bits per heavy atom. The Bertz CT molecular complexity index is 619. The molecule has 2 nitrogen and oxygen atoms in total. The molecule has 0 fully saturated rings. The van der Waals surface area contributed by atoms with Crippen LogP contribution < -0.4 is 10.1 Å². The van der Waals surface area contributed by atoms with Crippen molar-refractivity contribution in [1.82, 2.24) is 5.32 Å². The molecule has 0 aliphatic heterocycles. The third-order valence-corrected chi connectivity index (χ3v) is 4.43. The first-order valence-corrected chi connectivity index (χ1v) is 8.68. The van der Waals surface area contributed by atoms with E-state index in [2.05, 4.69) is 44.1 Å². The minimum Gasteiger partial charge on any atom is -0.456 e. The Morgan fingerprint density at radius 2 is 1.95 bits per heavy atom. The van der Waals surface area contributed by atoms with Gasteiger partial charge in [0.1, 0.15) is 11.5 Å². The molecule has 2 rings (SSSR count). The molecule has 0 amide bonds. The zero-order valence-electron chi connectivity index (χ0n) is 11.6. The van der Waals surface area contributed by atoms with E-state index >= 15 is 0 Å². The number of hydrogen-bond donors (Lipinski definition) is 1. The molecule has 0 aromatic heterocycles. The van der Waals surface area contributed by atoms with Crippen LogP contribution in [0.2, 0.25) is 5.02 Å². The summed E-state index contributed by atoms with van der Waals surface area (Å²) < 4.78 is 7.79. The van der Waals surface area contributed by atoms with Crippen LogP contribution in [0.5, 0.6) is 11.5 Å². The summed E-state index contributed by atoms with van der Waals surface area (Å²) in [6.07, 6.45) is 1.13. The highest BCUT2D eigenvalue weighted by molar-refractivity contribution is 9.10. The van der Waals surface area contributed by atoms with Crippen LogP contribution in [0.4, 0.5) is 0 Å². The van der Waals surface area contributed by atoms with Gasteiger partial charge in [0.05, 0.1) is 5.02 Å². The largest absolute Gasteiger partial charge is 0.456 e. The van der Waals surface area contributed by atoms with E-state index in [1.54, 1.807) is 6.07 Å². The van der Waals surface area contributed by atoms with Crippen molar-refractivity contribution in [3.8, 4) is 11.5 Å². The second-order valence-corrected chi connectivity index (χ2v) is 6.78. The molecule has 0 unspecified atom stereocenters. The Kier molecular flexibility index (Phi) is 6.55. The summed E-state index contributed by atoms with van der Waals surface area (Å²) in [6, 6.07) is 11.5. The van der Waals surface area contributed by atoms with Crippen LogP contribution in [-0.2, 0) is 6.54 Å². The first-order valence-electron chi connectivity index (χ1n) is 6.72. The first-order chi connectivity index (χ1) is 10.1. The van der Waals surface area contributed by atoms with E-state index in [-0.39, 0.29) is 0 Å². The maximum Gasteiger partial charge on any atom is 0.147 e. The van der Waals surface area contributed by atoms with Gasteiger partial charge in [-0.25, -0.2) is 0 Å². The molecule has 0 heterocycles. The number of ether oxygens (including phenoxy) is 1. The molecule has 5 heteroatoms. The van der Waals surface area contributed by atoms with Crippen LogP contribution in [0.15, 0.2) is 45.3 Å². The number of halogens is 3. The van der Waals surface area contributed by atoms with Crippen molar-refractivity contribution in [3.05, 3.63) is 55.9 Å². The lowest BCUT2D eigenvalue weighted by molar-refractivity contribution is 0.482. The molecule has 0 saturated heterocycles. The van der Waals surface area contributed by atoms with Gasteiger partial charge in [-0.3, -0.25) is 0 Å². The Hall–Kier alpha value is -0.550. The van der Waals surface area contributed by atoms with Gasteiger partial charge in [0.15, 0.2) is 0 Å². The second-order valence-electron chi connectivity index (χ2n) is 4.61. The second kappa shape index (κ2) is 8.18. The quantitative estimate of drug-likeness (QED) is 0.551. The van der Waals surface area contributed by atoms with E-state index in [1.165, 1.54) is 5.56 Å². The maximum atomic E-state index is 6.13. The number of hydrogen-bond acceptors (Lipinski definition) is 2. The van der Waals surface area contributed by atoms with E-state index < -0.39 is 0 Å². The van der Waals surface area contributed by atoms with Gasteiger partial charge in [-0.1, -0.05) is 56.5 Å². The van der Waals surface area contributed by atoms with Crippen LogP contribution in [0.3, 0.4) is 0 Å². The summed E-state index contributed by atoms with van der Waals surface area (Å²) in [5.74, 6) is 1.39. The summed E-state index contributed by atoms with van der Waals surface area (Å²) in [5, 5.41) is 3.97. The van der Waals surface area contributed by atoms with E-state index in [0.717, 1.165) is 34.2 Å². The summed E-state index contributed by atoms with van der Waals surface area (Å²) in [7, 11) is 0. The average Bonchev–Trinajstić information content (AvgIpc) is 2.45. The third kappa shape index (κ3) is 4.99. The SMILES string of the molecule is CCCNCc1ccc(Oc2cc(Br)ccc2Cl)cc1Br. The van der Waals surface area contributed by atoms with Crippen molar-refractivity contribution >= 4 is 43.5 Å². The van der Waals surface area contributed by atoms with Gasteiger partial charge in [-0.15, -0.1) is 0 Å². The van der Waals surface area contributed by atoms with Crippen molar-refractivity contribution in [1.29, 1.82) is 0 Å². The lowest BCUT2D eigenvalue weighted by Gasteiger charge is -2.11. The molecular weight excluding hydrogens is 417 g/mol. The smallest absolute Gasteiger partial charge is 0.147 e. The van der Waals surface area contributed by atoms with E-state index in [4.69, 9.17) is 16.3 Å². The van der Waals surface area contributed by atoms with Crippen molar-refractivity contribution in [2.45, 2.75) is 19.9 Å². The van der Waals surface area contributed by atoms with Crippen LogP contribution >= 0.6 is 43.5 Å². The van der Waals surface area contributed by atoms with E-state index in [0.29, 0.717) is 10.8 Å². The zero-order valence-corrected chi connectivity index (χ0v) is 15.6. The molecule has 0 atom stereocenters. The van der Waals surface area contributed by atoms with Crippen LogP contribution in [0.25, 0.3) is 0 Å². The number of benzene rings is 2. The van der Waals surface area contributed by atoms with Crippen molar-refractivity contribution in [2.75, 3.05) is 6.54 Å². The molecule has 0 bridgehead atoms. The van der Waals surface area contributed by atoms with E-state index in [1.807, 2.05) is 30.3 Å². The topological polar surface area (TPSA) is 21.3 Å². The van der Waals surface area contributed by atoms with Crippen LogP contribution in [0, 0.1) is 0 Å². The molecule has 2 aromatic carbocycles. The van der Waals surface area contributed by atoms with Crippen LogP contribution in [0.1, 0.15) is 18.9 Å². The van der Waals surface area contributed by atoms with E-state index in [9.17, 15) is 0 Å². The fourth-order valence-electron chi connectivity index (χ4n) is 1.82. The summed E-state index contributed by atoms with van der Waals surface area (Å²) in [4.78, 5) is 0. The molecule has 0 radical (unpaired) electrons.